The second kappa shape index (κ2) is 7.17. The van der Waals surface area contributed by atoms with Crippen molar-refractivity contribution in [3.8, 4) is 0 Å². The summed E-state index contributed by atoms with van der Waals surface area (Å²) in [6.07, 6.45) is 2.63. The summed E-state index contributed by atoms with van der Waals surface area (Å²) in [6, 6.07) is 7.15. The molecule has 0 aromatic heterocycles. The van der Waals surface area contributed by atoms with Crippen LogP contribution in [0.2, 0.25) is 0 Å². The van der Waals surface area contributed by atoms with Gasteiger partial charge in [0, 0.05) is 37.2 Å². The van der Waals surface area contributed by atoms with Crippen LogP contribution in [0.5, 0.6) is 0 Å². The van der Waals surface area contributed by atoms with Gasteiger partial charge in [0.05, 0.1) is 0 Å². The number of likely N-dealkylation sites (tertiary alicyclic amines) is 1. The van der Waals surface area contributed by atoms with E-state index in [1.54, 1.807) is 24.3 Å². The lowest BCUT2D eigenvalue weighted by Gasteiger charge is -2.14. The Hall–Kier alpha value is -1.95. The van der Waals surface area contributed by atoms with Crippen LogP contribution >= 0.6 is 12.2 Å². The van der Waals surface area contributed by atoms with E-state index >= 15 is 0 Å². The zero-order valence-corrected chi connectivity index (χ0v) is 12.6. The molecule has 0 aliphatic carbocycles. The predicted molar refractivity (Wildman–Crippen MR) is 86.0 cm³/mol. The summed E-state index contributed by atoms with van der Waals surface area (Å²) < 4.78 is 0. The smallest absolute Gasteiger partial charge is 0.224 e. The molecule has 112 valence electrons. The first-order valence-corrected chi connectivity index (χ1v) is 7.44. The van der Waals surface area contributed by atoms with Crippen LogP contribution in [0.15, 0.2) is 24.3 Å². The van der Waals surface area contributed by atoms with Gasteiger partial charge >= 0.3 is 0 Å². The van der Waals surface area contributed by atoms with E-state index in [9.17, 15) is 9.59 Å². The van der Waals surface area contributed by atoms with Crippen LogP contribution in [0, 0.1) is 0 Å². The fourth-order valence-electron chi connectivity index (χ4n) is 2.34. The summed E-state index contributed by atoms with van der Waals surface area (Å²) in [5.41, 5.74) is 6.97. The van der Waals surface area contributed by atoms with E-state index in [2.05, 4.69) is 5.32 Å². The number of anilines is 1. The number of hydrogen-bond donors (Lipinski definition) is 2. The molecule has 1 aliphatic rings. The van der Waals surface area contributed by atoms with Gasteiger partial charge in [0.2, 0.25) is 11.8 Å². The normalized spacial score (nSPS) is 14.3. The number of benzene rings is 1. The Morgan fingerprint density at radius 2 is 2.24 bits per heavy atom. The number of thiocarbonyl (C=S) groups is 1. The number of hydrogen-bond acceptors (Lipinski definition) is 3. The van der Waals surface area contributed by atoms with Gasteiger partial charge in [0.1, 0.15) is 4.99 Å². The molecule has 1 aliphatic heterocycles. The molecule has 2 rings (SSSR count). The van der Waals surface area contributed by atoms with Crippen molar-refractivity contribution in [1.82, 2.24) is 4.90 Å². The van der Waals surface area contributed by atoms with Crippen molar-refractivity contribution in [2.24, 2.45) is 5.73 Å². The number of carbonyl (C=O) groups is 2. The Morgan fingerprint density at radius 3 is 2.90 bits per heavy atom. The first-order valence-electron chi connectivity index (χ1n) is 7.04. The van der Waals surface area contributed by atoms with Crippen molar-refractivity contribution in [1.29, 1.82) is 0 Å². The van der Waals surface area contributed by atoms with Crippen molar-refractivity contribution in [3.05, 3.63) is 29.8 Å². The van der Waals surface area contributed by atoms with Gasteiger partial charge < -0.3 is 16.0 Å². The molecule has 21 heavy (non-hydrogen) atoms. The number of nitrogens with zero attached hydrogens (tertiary/aromatic N) is 1. The Kier molecular flexibility index (Phi) is 5.27. The second-order valence-corrected chi connectivity index (χ2v) is 5.52. The van der Waals surface area contributed by atoms with Gasteiger partial charge in [-0.05, 0) is 25.0 Å². The molecule has 6 heteroatoms. The maximum absolute atomic E-state index is 11.9. The number of amides is 2. The molecule has 1 saturated heterocycles. The molecule has 0 radical (unpaired) electrons. The quantitative estimate of drug-likeness (QED) is 0.784. The molecular formula is C15H19N3O2S. The molecule has 0 saturated carbocycles. The number of nitrogens with two attached hydrogens (primary N) is 1. The molecule has 1 aromatic carbocycles. The van der Waals surface area contributed by atoms with Gasteiger partial charge in [-0.1, -0.05) is 24.4 Å². The first kappa shape index (κ1) is 15.4. The van der Waals surface area contributed by atoms with Gasteiger partial charge in [-0.3, -0.25) is 9.59 Å². The predicted octanol–water partition coefficient (Wildman–Crippen LogP) is 1.66. The summed E-state index contributed by atoms with van der Waals surface area (Å²) in [6.45, 7) is 1.47. The van der Waals surface area contributed by atoms with Crippen molar-refractivity contribution in [2.75, 3.05) is 18.4 Å². The highest BCUT2D eigenvalue weighted by Crippen LogP contribution is 2.13. The highest BCUT2D eigenvalue weighted by atomic mass is 32.1. The highest BCUT2D eigenvalue weighted by molar-refractivity contribution is 7.80. The van der Waals surface area contributed by atoms with Crippen LogP contribution in [-0.2, 0) is 9.59 Å². The van der Waals surface area contributed by atoms with Crippen LogP contribution in [0.4, 0.5) is 5.69 Å². The standard InChI is InChI=1S/C15H19N3O2S/c16-15(21)11-4-1-5-12(10-11)17-13(19)6-2-8-18-9-3-7-14(18)20/h1,4-5,10H,2-3,6-9H2,(H2,16,21)(H,17,19). The molecule has 1 heterocycles. The van der Waals surface area contributed by atoms with Gasteiger partial charge in [-0.25, -0.2) is 0 Å². The lowest BCUT2D eigenvalue weighted by molar-refractivity contribution is -0.128. The fourth-order valence-corrected chi connectivity index (χ4v) is 2.47. The van der Waals surface area contributed by atoms with Gasteiger partial charge in [-0.2, -0.15) is 0 Å². The maximum atomic E-state index is 11.9. The fraction of sp³-hybridized carbons (Fsp3) is 0.400. The summed E-state index contributed by atoms with van der Waals surface area (Å²) in [5.74, 6) is 0.126. The highest BCUT2D eigenvalue weighted by Gasteiger charge is 2.19. The molecule has 0 unspecified atom stereocenters. The van der Waals surface area contributed by atoms with Gasteiger partial charge in [-0.15, -0.1) is 0 Å². The zero-order chi connectivity index (χ0) is 15.2. The molecule has 0 bridgehead atoms. The van der Waals surface area contributed by atoms with Crippen LogP contribution in [0.25, 0.3) is 0 Å². The van der Waals surface area contributed by atoms with E-state index in [0.29, 0.717) is 36.5 Å². The molecule has 1 fully saturated rings. The Morgan fingerprint density at radius 1 is 1.43 bits per heavy atom. The average molecular weight is 305 g/mol. The Bertz CT molecular complexity index is 560. The summed E-state index contributed by atoms with van der Waals surface area (Å²) in [7, 11) is 0. The minimum atomic E-state index is -0.0678. The minimum absolute atomic E-state index is 0.0678. The lowest BCUT2D eigenvalue weighted by Crippen LogP contribution is -2.26. The van der Waals surface area contributed by atoms with E-state index < -0.39 is 0 Å². The number of carbonyl (C=O) groups excluding carboxylic acids is 2. The zero-order valence-electron chi connectivity index (χ0n) is 11.8. The lowest BCUT2D eigenvalue weighted by atomic mass is 10.2. The number of rotatable bonds is 6. The summed E-state index contributed by atoms with van der Waals surface area (Å²) in [5, 5.41) is 2.82. The average Bonchev–Trinajstić information content (AvgIpc) is 2.85. The van der Waals surface area contributed by atoms with Gasteiger partial charge in [0.25, 0.3) is 0 Å². The van der Waals surface area contributed by atoms with Gasteiger partial charge in [0.15, 0.2) is 0 Å². The topological polar surface area (TPSA) is 75.4 Å². The van der Waals surface area contributed by atoms with E-state index in [1.165, 1.54) is 0 Å². The van der Waals surface area contributed by atoms with Crippen molar-refractivity contribution >= 4 is 34.7 Å². The van der Waals surface area contributed by atoms with Crippen LogP contribution in [0.3, 0.4) is 0 Å². The maximum Gasteiger partial charge on any atom is 0.224 e. The third-order valence-electron chi connectivity index (χ3n) is 3.43. The summed E-state index contributed by atoms with van der Waals surface area (Å²) >= 11 is 4.91. The molecule has 0 spiro atoms. The van der Waals surface area contributed by atoms with E-state index in [4.69, 9.17) is 18.0 Å². The Balaban J connectivity index is 1.77. The third kappa shape index (κ3) is 4.53. The van der Waals surface area contributed by atoms with Crippen LogP contribution < -0.4 is 11.1 Å². The molecule has 5 nitrogen and oxygen atoms in total. The molecule has 0 atom stereocenters. The largest absolute Gasteiger partial charge is 0.389 e. The number of nitrogens with one attached hydrogen (secondary N) is 1. The molecule has 3 N–H and O–H groups in total. The second-order valence-electron chi connectivity index (χ2n) is 5.08. The molecule has 2 amide bonds. The van der Waals surface area contributed by atoms with E-state index in [-0.39, 0.29) is 11.8 Å². The van der Waals surface area contributed by atoms with E-state index in [1.807, 2.05) is 4.90 Å². The molecule has 1 aromatic rings. The third-order valence-corrected chi connectivity index (χ3v) is 3.67. The van der Waals surface area contributed by atoms with Crippen LogP contribution in [0.1, 0.15) is 31.2 Å². The van der Waals surface area contributed by atoms with Crippen LogP contribution in [-0.4, -0.2) is 34.8 Å². The van der Waals surface area contributed by atoms with E-state index in [0.717, 1.165) is 18.5 Å². The van der Waals surface area contributed by atoms with Crippen molar-refractivity contribution < 1.29 is 9.59 Å². The first-order chi connectivity index (χ1) is 10.1. The SMILES string of the molecule is NC(=S)c1cccc(NC(=O)CCCN2CCCC2=O)c1. The monoisotopic (exact) mass is 305 g/mol. The molecular weight excluding hydrogens is 286 g/mol. The summed E-state index contributed by atoms with van der Waals surface area (Å²) in [4.78, 5) is 25.4. The minimum Gasteiger partial charge on any atom is -0.389 e. The van der Waals surface area contributed by atoms with Crippen molar-refractivity contribution in [3.63, 3.8) is 0 Å². The van der Waals surface area contributed by atoms with Crippen molar-refractivity contribution in [2.45, 2.75) is 25.7 Å². The Labute approximate surface area is 129 Å².